The zero-order valence-electron chi connectivity index (χ0n) is 13.7. The molecule has 2 bridgehead atoms. The number of esters is 1. The molecule has 0 radical (unpaired) electrons. The summed E-state index contributed by atoms with van der Waals surface area (Å²) < 4.78 is 5.31. The molecular formula is C19H21NO4. The Balaban J connectivity index is 1.77. The van der Waals surface area contributed by atoms with Crippen LogP contribution >= 0.6 is 0 Å². The number of nitrogens with zero attached hydrogens (tertiary/aromatic N) is 1. The lowest BCUT2D eigenvalue weighted by Gasteiger charge is -2.50. The number of hydrogen-bond donors (Lipinski definition) is 0. The maximum absolute atomic E-state index is 13.2. The van der Waals surface area contributed by atoms with E-state index in [-0.39, 0.29) is 29.6 Å². The monoisotopic (exact) mass is 327 g/mol. The van der Waals surface area contributed by atoms with Gasteiger partial charge in [-0.05, 0) is 50.7 Å². The molecule has 24 heavy (non-hydrogen) atoms. The summed E-state index contributed by atoms with van der Waals surface area (Å²) in [5.41, 5.74) is -0.216. The van der Waals surface area contributed by atoms with Gasteiger partial charge < -0.3 is 4.74 Å². The van der Waals surface area contributed by atoms with Crippen molar-refractivity contribution in [1.82, 2.24) is 0 Å². The van der Waals surface area contributed by atoms with E-state index in [9.17, 15) is 14.4 Å². The first-order chi connectivity index (χ1) is 11.6. The summed E-state index contributed by atoms with van der Waals surface area (Å²) in [6.45, 7) is 2.07. The Hall–Kier alpha value is -2.17. The molecule has 3 aliphatic carbocycles. The topological polar surface area (TPSA) is 63.7 Å². The van der Waals surface area contributed by atoms with Crippen LogP contribution in [0.15, 0.2) is 30.3 Å². The number of fused-ring (bicyclic) bond motifs is 2. The number of ether oxygens (including phenoxy) is 1. The van der Waals surface area contributed by atoms with Gasteiger partial charge >= 0.3 is 5.97 Å². The first-order valence-electron chi connectivity index (χ1n) is 8.70. The van der Waals surface area contributed by atoms with Crippen molar-refractivity contribution < 1.29 is 19.1 Å². The highest BCUT2D eigenvalue weighted by molar-refractivity contribution is 6.23. The second kappa shape index (κ2) is 5.43. The number of hydrogen-bond acceptors (Lipinski definition) is 4. The summed E-state index contributed by atoms with van der Waals surface area (Å²) in [5.74, 6) is -1.39. The zero-order valence-corrected chi connectivity index (χ0v) is 13.7. The largest absolute Gasteiger partial charge is 0.466 e. The van der Waals surface area contributed by atoms with E-state index in [1.54, 1.807) is 19.1 Å². The van der Waals surface area contributed by atoms with Gasteiger partial charge in [0.1, 0.15) is 0 Å². The molecule has 1 aliphatic heterocycles. The summed E-state index contributed by atoms with van der Waals surface area (Å²) >= 11 is 0. The van der Waals surface area contributed by atoms with E-state index >= 15 is 0 Å². The number of rotatable bonds is 3. The molecule has 5 heteroatoms. The molecule has 4 fully saturated rings. The van der Waals surface area contributed by atoms with E-state index in [1.165, 1.54) is 4.90 Å². The normalized spacial score (nSPS) is 34.4. The molecule has 0 aromatic heterocycles. The first-order valence-corrected chi connectivity index (χ1v) is 8.70. The predicted octanol–water partition coefficient (Wildman–Crippen LogP) is 2.55. The summed E-state index contributed by atoms with van der Waals surface area (Å²) in [6, 6.07) is 9.02. The molecule has 1 aromatic rings. The summed E-state index contributed by atoms with van der Waals surface area (Å²) in [5, 5.41) is 0. The molecule has 0 N–H and O–H groups in total. The molecule has 1 heterocycles. The number of benzene rings is 1. The van der Waals surface area contributed by atoms with Crippen LogP contribution in [-0.2, 0) is 19.1 Å². The molecule has 0 unspecified atom stereocenters. The second-order valence-corrected chi connectivity index (χ2v) is 7.06. The SMILES string of the molecule is CCOC(=O)C12CCC(CC1)[C@@H]1C(=O)N(c3ccccc3)C(=O)[C@H]12. The molecule has 0 spiro atoms. The van der Waals surface area contributed by atoms with Crippen LogP contribution in [0.5, 0.6) is 0 Å². The van der Waals surface area contributed by atoms with Crippen LogP contribution in [0.2, 0.25) is 0 Å². The van der Waals surface area contributed by atoms with Gasteiger partial charge in [0, 0.05) is 0 Å². The maximum atomic E-state index is 13.2. The van der Waals surface area contributed by atoms with Crippen molar-refractivity contribution in [3.05, 3.63) is 30.3 Å². The van der Waals surface area contributed by atoms with Gasteiger partial charge in [-0.2, -0.15) is 0 Å². The summed E-state index contributed by atoms with van der Waals surface area (Å²) in [7, 11) is 0. The average Bonchev–Trinajstić information content (AvgIpc) is 2.90. The van der Waals surface area contributed by atoms with Gasteiger partial charge in [-0.1, -0.05) is 18.2 Å². The van der Waals surface area contributed by atoms with E-state index in [4.69, 9.17) is 4.74 Å². The lowest BCUT2D eigenvalue weighted by Crippen LogP contribution is -2.54. The van der Waals surface area contributed by atoms with Crippen LogP contribution in [0.3, 0.4) is 0 Å². The Morgan fingerprint density at radius 2 is 1.83 bits per heavy atom. The predicted molar refractivity (Wildman–Crippen MR) is 86.9 cm³/mol. The Bertz CT molecular complexity index is 691. The van der Waals surface area contributed by atoms with Gasteiger partial charge in [0.2, 0.25) is 11.8 Å². The molecule has 1 saturated heterocycles. The van der Waals surface area contributed by atoms with Crippen molar-refractivity contribution in [3.8, 4) is 0 Å². The maximum Gasteiger partial charge on any atom is 0.312 e. The van der Waals surface area contributed by atoms with Crippen molar-refractivity contribution in [3.63, 3.8) is 0 Å². The second-order valence-electron chi connectivity index (χ2n) is 7.06. The fourth-order valence-corrected chi connectivity index (χ4v) is 5.01. The van der Waals surface area contributed by atoms with Crippen LogP contribution in [0.1, 0.15) is 32.6 Å². The van der Waals surface area contributed by atoms with Gasteiger partial charge in [0.05, 0.1) is 29.5 Å². The lowest BCUT2D eigenvalue weighted by atomic mass is 9.51. The van der Waals surface area contributed by atoms with Crippen molar-refractivity contribution in [2.45, 2.75) is 32.6 Å². The molecule has 126 valence electrons. The van der Waals surface area contributed by atoms with Gasteiger partial charge in [0.25, 0.3) is 0 Å². The number of para-hydroxylation sites is 1. The Labute approximate surface area is 141 Å². The molecule has 2 amide bonds. The fraction of sp³-hybridized carbons (Fsp3) is 0.526. The van der Waals surface area contributed by atoms with Crippen LogP contribution < -0.4 is 4.90 Å². The van der Waals surface area contributed by atoms with Crippen molar-refractivity contribution >= 4 is 23.5 Å². The molecular weight excluding hydrogens is 306 g/mol. The first kappa shape index (κ1) is 15.4. The smallest absolute Gasteiger partial charge is 0.312 e. The highest BCUT2D eigenvalue weighted by atomic mass is 16.5. The van der Waals surface area contributed by atoms with Crippen molar-refractivity contribution in [2.75, 3.05) is 11.5 Å². The Morgan fingerprint density at radius 1 is 1.17 bits per heavy atom. The minimum absolute atomic E-state index is 0.144. The van der Waals surface area contributed by atoms with E-state index < -0.39 is 11.3 Å². The van der Waals surface area contributed by atoms with E-state index in [2.05, 4.69) is 0 Å². The Kier molecular flexibility index (Phi) is 3.48. The number of carbonyl (C=O) groups is 3. The highest BCUT2D eigenvalue weighted by Crippen LogP contribution is 2.60. The molecule has 3 saturated carbocycles. The van der Waals surface area contributed by atoms with E-state index in [0.717, 1.165) is 12.8 Å². The van der Waals surface area contributed by atoms with Crippen LogP contribution in [0.4, 0.5) is 5.69 Å². The highest BCUT2D eigenvalue weighted by Gasteiger charge is 2.67. The third-order valence-corrected chi connectivity index (χ3v) is 6.07. The number of imide groups is 1. The average molecular weight is 327 g/mol. The van der Waals surface area contributed by atoms with Gasteiger partial charge in [-0.25, -0.2) is 0 Å². The third-order valence-electron chi connectivity index (χ3n) is 6.07. The zero-order chi connectivity index (χ0) is 16.9. The molecule has 5 nitrogen and oxygen atoms in total. The molecule has 4 aliphatic rings. The number of amides is 2. The third kappa shape index (κ3) is 1.90. The van der Waals surface area contributed by atoms with Crippen molar-refractivity contribution in [2.24, 2.45) is 23.2 Å². The minimum atomic E-state index is -0.814. The van der Waals surface area contributed by atoms with E-state index in [0.29, 0.717) is 25.1 Å². The van der Waals surface area contributed by atoms with Gasteiger partial charge in [0.15, 0.2) is 0 Å². The van der Waals surface area contributed by atoms with Crippen LogP contribution in [0, 0.1) is 23.2 Å². The van der Waals surface area contributed by atoms with Gasteiger partial charge in [-0.3, -0.25) is 19.3 Å². The summed E-state index contributed by atoms with van der Waals surface area (Å²) in [6.07, 6.45) is 2.95. The summed E-state index contributed by atoms with van der Waals surface area (Å²) in [4.78, 5) is 40.2. The lowest BCUT2D eigenvalue weighted by molar-refractivity contribution is -0.174. The molecule has 2 atom stereocenters. The Morgan fingerprint density at radius 3 is 2.46 bits per heavy atom. The van der Waals surface area contributed by atoms with Crippen molar-refractivity contribution in [1.29, 1.82) is 0 Å². The van der Waals surface area contributed by atoms with Crippen LogP contribution in [-0.4, -0.2) is 24.4 Å². The molecule has 1 aromatic carbocycles. The van der Waals surface area contributed by atoms with Gasteiger partial charge in [-0.15, -0.1) is 0 Å². The fourth-order valence-electron chi connectivity index (χ4n) is 5.01. The molecule has 5 rings (SSSR count). The van der Waals surface area contributed by atoms with Crippen LogP contribution in [0.25, 0.3) is 0 Å². The number of anilines is 1. The van der Waals surface area contributed by atoms with E-state index in [1.807, 2.05) is 18.2 Å². The standard InChI is InChI=1S/C19H21NO4/c1-2-24-18(23)19-10-8-12(9-11-19)14-15(19)17(22)20(16(14)21)13-6-4-3-5-7-13/h3-7,12,14-15H,2,8-11H2,1H3/t12?,14-,15-,19?/m0/s1. The quantitative estimate of drug-likeness (QED) is 0.632. The number of carbonyl (C=O) groups excluding carboxylic acids is 3. The minimum Gasteiger partial charge on any atom is -0.466 e.